The van der Waals surface area contributed by atoms with Crippen molar-refractivity contribution in [3.63, 3.8) is 0 Å². The van der Waals surface area contributed by atoms with Gasteiger partial charge >= 0.3 is 0 Å². The van der Waals surface area contributed by atoms with E-state index >= 15 is 0 Å². The maximum atomic E-state index is 11.9. The first-order valence-corrected chi connectivity index (χ1v) is 10.1. The van der Waals surface area contributed by atoms with E-state index in [0.717, 1.165) is 17.0 Å². The van der Waals surface area contributed by atoms with Gasteiger partial charge in [-0.05, 0) is 49.2 Å². The van der Waals surface area contributed by atoms with Crippen LogP contribution in [0, 0.1) is 6.92 Å². The fourth-order valence-electron chi connectivity index (χ4n) is 2.73. The maximum Gasteiger partial charge on any atom is 0.285 e. The number of anilines is 1. The molecular weight excluding hydrogens is 394 g/mol. The molecule has 0 spiro atoms. The van der Waals surface area contributed by atoms with E-state index in [-0.39, 0.29) is 5.91 Å². The number of hydrazone groups is 1. The Morgan fingerprint density at radius 1 is 1.06 bits per heavy atom. The zero-order valence-electron chi connectivity index (χ0n) is 17.8. The maximum absolute atomic E-state index is 11.9. The van der Waals surface area contributed by atoms with E-state index < -0.39 is 0 Å². The minimum atomic E-state index is -0.149. The van der Waals surface area contributed by atoms with E-state index in [1.807, 2.05) is 55.5 Å². The fraction of sp³-hybridized carbons (Fsp3) is 0.250. The molecule has 7 nitrogen and oxygen atoms in total. The predicted molar refractivity (Wildman–Crippen MR) is 121 cm³/mol. The molecule has 2 N–H and O–H groups in total. The normalized spacial score (nSPS) is 10.8. The van der Waals surface area contributed by atoms with Crippen LogP contribution < -0.4 is 20.2 Å². The van der Waals surface area contributed by atoms with Gasteiger partial charge in [0.15, 0.2) is 5.76 Å². The summed E-state index contributed by atoms with van der Waals surface area (Å²) in [6.45, 7) is 3.14. The third-order valence-electron chi connectivity index (χ3n) is 4.48. The summed E-state index contributed by atoms with van der Waals surface area (Å²) in [5.74, 6) is 1.52. The summed E-state index contributed by atoms with van der Waals surface area (Å²) in [6.07, 6.45) is 2.53. The highest BCUT2D eigenvalue weighted by molar-refractivity contribution is 5.80. The Balaban J connectivity index is 1.33. The first kappa shape index (κ1) is 22.0. The molecule has 0 aliphatic heterocycles. The molecule has 0 bridgehead atoms. The van der Waals surface area contributed by atoms with Crippen molar-refractivity contribution in [3.05, 3.63) is 77.6 Å². The first-order valence-electron chi connectivity index (χ1n) is 10.1. The van der Waals surface area contributed by atoms with Gasteiger partial charge in [0, 0.05) is 24.7 Å². The molecule has 0 atom stereocenters. The Labute approximate surface area is 182 Å². The zero-order chi connectivity index (χ0) is 21.9. The van der Waals surface area contributed by atoms with E-state index in [9.17, 15) is 4.79 Å². The van der Waals surface area contributed by atoms with Crippen LogP contribution in [0.3, 0.4) is 0 Å². The van der Waals surface area contributed by atoms with Gasteiger partial charge in [-0.2, -0.15) is 5.10 Å². The molecule has 0 fully saturated rings. The van der Waals surface area contributed by atoms with Gasteiger partial charge in [0.2, 0.25) is 5.91 Å². The molecule has 1 aromatic heterocycles. The van der Waals surface area contributed by atoms with E-state index in [4.69, 9.17) is 13.9 Å². The van der Waals surface area contributed by atoms with Crippen LogP contribution in [-0.4, -0.2) is 25.8 Å². The second-order valence-corrected chi connectivity index (χ2v) is 6.98. The van der Waals surface area contributed by atoms with Crippen molar-refractivity contribution in [2.45, 2.75) is 26.4 Å². The molecule has 0 saturated carbocycles. The van der Waals surface area contributed by atoms with Crippen LogP contribution in [0.1, 0.15) is 29.7 Å². The van der Waals surface area contributed by atoms with Crippen LogP contribution in [-0.2, 0) is 11.4 Å². The topological polar surface area (TPSA) is 85.1 Å². The third-order valence-corrected chi connectivity index (χ3v) is 4.48. The highest BCUT2D eigenvalue weighted by Gasteiger charge is 2.03. The molecule has 2 aromatic carbocycles. The number of hydrogen-bond acceptors (Lipinski definition) is 6. The number of amides is 1. The van der Waals surface area contributed by atoms with E-state index in [2.05, 4.69) is 15.8 Å². The van der Waals surface area contributed by atoms with Crippen LogP contribution in [0.5, 0.6) is 11.7 Å². The van der Waals surface area contributed by atoms with Crippen molar-refractivity contribution in [1.29, 1.82) is 0 Å². The quantitative estimate of drug-likeness (QED) is 0.270. The molecule has 0 saturated heterocycles. The highest BCUT2D eigenvalue weighted by Crippen LogP contribution is 2.17. The van der Waals surface area contributed by atoms with Crippen molar-refractivity contribution in [2.24, 2.45) is 5.10 Å². The van der Waals surface area contributed by atoms with Gasteiger partial charge in [0.05, 0.1) is 13.3 Å². The molecule has 162 valence electrons. The van der Waals surface area contributed by atoms with Gasteiger partial charge in [0.1, 0.15) is 12.4 Å². The molecule has 0 aliphatic rings. The van der Waals surface area contributed by atoms with Gasteiger partial charge in [-0.3, -0.25) is 4.79 Å². The van der Waals surface area contributed by atoms with Crippen LogP contribution in [0.4, 0.5) is 5.69 Å². The number of furan rings is 1. The van der Waals surface area contributed by atoms with Crippen LogP contribution >= 0.6 is 0 Å². The van der Waals surface area contributed by atoms with Crippen molar-refractivity contribution in [1.82, 2.24) is 5.43 Å². The molecule has 0 radical (unpaired) electrons. The lowest BCUT2D eigenvalue weighted by Crippen LogP contribution is -2.18. The number of hydrogen-bond donors (Lipinski definition) is 2. The van der Waals surface area contributed by atoms with Crippen LogP contribution in [0.25, 0.3) is 0 Å². The minimum Gasteiger partial charge on any atom is -0.497 e. The van der Waals surface area contributed by atoms with Crippen molar-refractivity contribution in [2.75, 3.05) is 19.0 Å². The van der Waals surface area contributed by atoms with Gasteiger partial charge in [-0.25, -0.2) is 5.43 Å². The van der Waals surface area contributed by atoms with Gasteiger partial charge in [0.25, 0.3) is 5.95 Å². The van der Waals surface area contributed by atoms with Crippen LogP contribution in [0.15, 0.2) is 70.2 Å². The standard InChI is InChI=1S/C24H27N3O4/c1-18-5-9-20(10-6-18)25-15-3-4-23(28)27-26-16-22-13-14-24(31-22)30-17-19-7-11-21(29-2)12-8-19/h5-14,16,25H,3-4,15,17H2,1-2H3,(H,27,28)/b26-16-. The smallest absolute Gasteiger partial charge is 0.285 e. The van der Waals surface area contributed by atoms with E-state index in [1.165, 1.54) is 11.8 Å². The Kier molecular flexibility index (Phi) is 8.11. The summed E-state index contributed by atoms with van der Waals surface area (Å²) in [5, 5.41) is 7.22. The fourth-order valence-corrected chi connectivity index (χ4v) is 2.73. The lowest BCUT2D eigenvalue weighted by Gasteiger charge is -2.06. The molecular formula is C24H27N3O4. The highest BCUT2D eigenvalue weighted by atomic mass is 16.6. The van der Waals surface area contributed by atoms with Crippen molar-refractivity contribution >= 4 is 17.8 Å². The third kappa shape index (κ3) is 7.54. The molecule has 7 heteroatoms. The van der Waals surface area contributed by atoms with Gasteiger partial charge < -0.3 is 19.2 Å². The molecule has 1 amide bonds. The number of benzene rings is 2. The Morgan fingerprint density at radius 3 is 2.58 bits per heavy atom. The summed E-state index contributed by atoms with van der Waals surface area (Å²) in [7, 11) is 1.63. The van der Waals surface area contributed by atoms with Crippen LogP contribution in [0.2, 0.25) is 0 Å². The second-order valence-electron chi connectivity index (χ2n) is 6.98. The van der Waals surface area contributed by atoms with Gasteiger partial charge in [-0.1, -0.05) is 29.8 Å². The number of carbonyl (C=O) groups is 1. The second kappa shape index (κ2) is 11.4. The number of nitrogens with one attached hydrogen (secondary N) is 2. The Hall–Kier alpha value is -3.74. The zero-order valence-corrected chi connectivity index (χ0v) is 17.8. The first-order chi connectivity index (χ1) is 15.1. The Bertz CT molecular complexity index is 979. The average molecular weight is 421 g/mol. The lowest BCUT2D eigenvalue weighted by molar-refractivity contribution is -0.121. The monoisotopic (exact) mass is 421 g/mol. The molecule has 31 heavy (non-hydrogen) atoms. The van der Waals surface area contributed by atoms with Crippen molar-refractivity contribution < 1.29 is 18.7 Å². The molecule has 1 heterocycles. The number of methoxy groups -OCH3 is 1. The number of nitrogens with zero attached hydrogens (tertiary/aromatic N) is 1. The summed E-state index contributed by atoms with van der Waals surface area (Å²) in [4.78, 5) is 11.9. The molecule has 0 aliphatic carbocycles. The van der Waals surface area contributed by atoms with Crippen molar-refractivity contribution in [3.8, 4) is 11.7 Å². The van der Waals surface area contributed by atoms with E-state index in [0.29, 0.717) is 37.7 Å². The summed E-state index contributed by atoms with van der Waals surface area (Å²) < 4.78 is 16.3. The Morgan fingerprint density at radius 2 is 1.84 bits per heavy atom. The minimum absolute atomic E-state index is 0.149. The largest absolute Gasteiger partial charge is 0.497 e. The van der Waals surface area contributed by atoms with Gasteiger partial charge in [-0.15, -0.1) is 0 Å². The summed E-state index contributed by atoms with van der Waals surface area (Å²) in [6, 6.07) is 19.2. The number of ether oxygens (including phenoxy) is 2. The number of carbonyl (C=O) groups excluding carboxylic acids is 1. The number of rotatable bonds is 11. The predicted octanol–water partition coefficient (Wildman–Crippen LogP) is 4.52. The van der Waals surface area contributed by atoms with E-state index in [1.54, 1.807) is 19.2 Å². The summed E-state index contributed by atoms with van der Waals surface area (Å²) in [5.41, 5.74) is 5.77. The molecule has 0 unspecified atom stereocenters. The molecule has 3 rings (SSSR count). The SMILES string of the molecule is COc1ccc(COc2ccc(/C=N\NC(=O)CCCNc3ccc(C)cc3)o2)cc1. The molecule has 3 aromatic rings. The summed E-state index contributed by atoms with van der Waals surface area (Å²) >= 11 is 0. The average Bonchev–Trinajstić information content (AvgIpc) is 3.24. The number of aryl methyl sites for hydroxylation is 1. The lowest BCUT2D eigenvalue weighted by atomic mass is 10.2.